The Morgan fingerprint density at radius 3 is 1.54 bits per heavy atom. The third-order valence-corrected chi connectivity index (χ3v) is 6.24. The van der Waals surface area contributed by atoms with E-state index in [1.807, 2.05) is 0 Å². The predicted octanol–water partition coefficient (Wildman–Crippen LogP) is 7.76. The Balaban J connectivity index is 1.88. The standard InChI is InChI=1S/C27H23I/c1-19-17-23(18-20(2)26(19)24-15-9-10-16-25(24)28)27(21-11-5-3-6-12-21)22-13-7-4-8-14-22/h3-18,27H,1-2H3. The highest BCUT2D eigenvalue weighted by Crippen LogP contribution is 2.37. The maximum absolute atomic E-state index is 2.44. The quantitative estimate of drug-likeness (QED) is 0.210. The largest absolute Gasteiger partial charge is 0.0622 e. The molecule has 0 aliphatic carbocycles. The summed E-state index contributed by atoms with van der Waals surface area (Å²) in [5.41, 5.74) is 9.34. The summed E-state index contributed by atoms with van der Waals surface area (Å²) in [5.74, 6) is 0.240. The van der Waals surface area contributed by atoms with E-state index in [1.54, 1.807) is 0 Å². The second-order valence-electron chi connectivity index (χ2n) is 7.26. The summed E-state index contributed by atoms with van der Waals surface area (Å²) in [7, 11) is 0. The monoisotopic (exact) mass is 474 g/mol. The molecule has 0 spiro atoms. The maximum atomic E-state index is 2.44. The van der Waals surface area contributed by atoms with Crippen molar-refractivity contribution in [1.82, 2.24) is 0 Å². The van der Waals surface area contributed by atoms with Gasteiger partial charge in [0.2, 0.25) is 0 Å². The fourth-order valence-electron chi connectivity index (χ4n) is 4.12. The Morgan fingerprint density at radius 2 is 1.04 bits per heavy atom. The third-order valence-electron chi connectivity index (χ3n) is 5.30. The average molecular weight is 474 g/mol. The first-order valence-corrected chi connectivity index (χ1v) is 10.7. The van der Waals surface area contributed by atoms with Gasteiger partial charge in [-0.15, -0.1) is 0 Å². The van der Waals surface area contributed by atoms with Gasteiger partial charge in [-0.1, -0.05) is 91.0 Å². The van der Waals surface area contributed by atoms with Crippen LogP contribution in [0.2, 0.25) is 0 Å². The number of halogens is 1. The van der Waals surface area contributed by atoms with Crippen LogP contribution in [0.5, 0.6) is 0 Å². The zero-order chi connectivity index (χ0) is 19.5. The zero-order valence-electron chi connectivity index (χ0n) is 16.2. The van der Waals surface area contributed by atoms with Crippen LogP contribution in [-0.2, 0) is 0 Å². The van der Waals surface area contributed by atoms with Gasteiger partial charge < -0.3 is 0 Å². The number of benzene rings is 4. The van der Waals surface area contributed by atoms with Gasteiger partial charge in [0, 0.05) is 9.49 Å². The van der Waals surface area contributed by atoms with Gasteiger partial charge in [-0.05, 0) is 81.4 Å². The summed E-state index contributed by atoms with van der Waals surface area (Å²) in [5, 5.41) is 0. The molecule has 0 N–H and O–H groups in total. The van der Waals surface area contributed by atoms with E-state index in [2.05, 4.69) is 134 Å². The third kappa shape index (κ3) is 3.77. The zero-order valence-corrected chi connectivity index (χ0v) is 18.4. The fourth-order valence-corrected chi connectivity index (χ4v) is 4.78. The molecule has 0 aliphatic heterocycles. The molecule has 0 aliphatic rings. The minimum atomic E-state index is 0.240. The van der Waals surface area contributed by atoms with Gasteiger partial charge >= 0.3 is 0 Å². The molecule has 0 saturated carbocycles. The summed E-state index contributed by atoms with van der Waals surface area (Å²) >= 11 is 2.44. The van der Waals surface area contributed by atoms with E-state index < -0.39 is 0 Å². The fraction of sp³-hybridized carbons (Fsp3) is 0.111. The molecular weight excluding hydrogens is 451 g/mol. The van der Waals surface area contributed by atoms with Crippen LogP contribution in [0.25, 0.3) is 11.1 Å². The summed E-state index contributed by atoms with van der Waals surface area (Å²) in [6.45, 7) is 4.48. The molecule has 0 bridgehead atoms. The van der Waals surface area contributed by atoms with Gasteiger partial charge in [0.1, 0.15) is 0 Å². The summed E-state index contributed by atoms with van der Waals surface area (Å²) in [6, 6.07) is 35.0. The molecule has 4 rings (SSSR count). The predicted molar refractivity (Wildman–Crippen MR) is 128 cm³/mol. The highest BCUT2D eigenvalue weighted by atomic mass is 127. The van der Waals surface area contributed by atoms with Crippen LogP contribution in [-0.4, -0.2) is 0 Å². The van der Waals surface area contributed by atoms with Gasteiger partial charge in [-0.3, -0.25) is 0 Å². The van der Waals surface area contributed by atoms with E-state index in [1.165, 1.54) is 42.5 Å². The van der Waals surface area contributed by atoms with Gasteiger partial charge in [-0.25, -0.2) is 0 Å². The Hall–Kier alpha value is -2.39. The van der Waals surface area contributed by atoms with Crippen LogP contribution in [0.1, 0.15) is 33.7 Å². The molecule has 4 aromatic rings. The maximum Gasteiger partial charge on any atom is 0.0340 e. The van der Waals surface area contributed by atoms with Crippen molar-refractivity contribution >= 4 is 22.6 Å². The van der Waals surface area contributed by atoms with Crippen molar-refractivity contribution in [2.45, 2.75) is 19.8 Å². The molecular formula is C27H23I. The highest BCUT2D eigenvalue weighted by Gasteiger charge is 2.19. The van der Waals surface area contributed by atoms with Crippen molar-refractivity contribution in [3.63, 3.8) is 0 Å². The average Bonchev–Trinajstić information content (AvgIpc) is 2.71. The Morgan fingerprint density at radius 1 is 0.571 bits per heavy atom. The van der Waals surface area contributed by atoms with E-state index in [0.717, 1.165) is 0 Å². The second kappa shape index (κ2) is 8.32. The van der Waals surface area contributed by atoms with Crippen LogP contribution in [0.3, 0.4) is 0 Å². The summed E-state index contributed by atoms with van der Waals surface area (Å²) < 4.78 is 1.29. The van der Waals surface area contributed by atoms with Crippen molar-refractivity contribution in [2.24, 2.45) is 0 Å². The number of rotatable bonds is 4. The van der Waals surface area contributed by atoms with E-state index in [9.17, 15) is 0 Å². The number of aryl methyl sites for hydroxylation is 2. The lowest BCUT2D eigenvalue weighted by molar-refractivity contribution is 0.971. The first kappa shape index (κ1) is 18.9. The molecule has 138 valence electrons. The van der Waals surface area contributed by atoms with Crippen LogP contribution in [0.15, 0.2) is 97.1 Å². The molecule has 0 heterocycles. The Kier molecular flexibility index (Phi) is 5.63. The molecule has 0 aromatic heterocycles. The molecule has 0 nitrogen and oxygen atoms in total. The van der Waals surface area contributed by atoms with Crippen molar-refractivity contribution < 1.29 is 0 Å². The van der Waals surface area contributed by atoms with Gasteiger partial charge in [0.05, 0.1) is 0 Å². The lowest BCUT2D eigenvalue weighted by Crippen LogP contribution is -2.05. The highest BCUT2D eigenvalue weighted by molar-refractivity contribution is 14.1. The molecule has 0 amide bonds. The smallest absolute Gasteiger partial charge is 0.0340 e. The molecule has 0 saturated heterocycles. The van der Waals surface area contributed by atoms with Crippen molar-refractivity contribution in [3.05, 3.63) is 128 Å². The lowest BCUT2D eigenvalue weighted by Gasteiger charge is -2.22. The van der Waals surface area contributed by atoms with Gasteiger partial charge in [-0.2, -0.15) is 0 Å². The van der Waals surface area contributed by atoms with Gasteiger partial charge in [0.25, 0.3) is 0 Å². The van der Waals surface area contributed by atoms with E-state index in [4.69, 9.17) is 0 Å². The minimum absolute atomic E-state index is 0.240. The first-order valence-electron chi connectivity index (χ1n) is 9.61. The molecule has 28 heavy (non-hydrogen) atoms. The molecule has 1 heteroatoms. The number of hydrogen-bond donors (Lipinski definition) is 0. The lowest BCUT2D eigenvalue weighted by atomic mass is 9.82. The van der Waals surface area contributed by atoms with E-state index >= 15 is 0 Å². The summed E-state index contributed by atoms with van der Waals surface area (Å²) in [4.78, 5) is 0. The minimum Gasteiger partial charge on any atom is -0.0622 e. The van der Waals surface area contributed by atoms with E-state index in [-0.39, 0.29) is 5.92 Å². The SMILES string of the molecule is Cc1cc(C(c2ccccc2)c2ccccc2)cc(C)c1-c1ccccc1I. The van der Waals surface area contributed by atoms with Crippen molar-refractivity contribution in [3.8, 4) is 11.1 Å². The van der Waals surface area contributed by atoms with Crippen molar-refractivity contribution in [2.75, 3.05) is 0 Å². The van der Waals surface area contributed by atoms with Crippen LogP contribution in [0, 0.1) is 17.4 Å². The molecule has 0 atom stereocenters. The molecule has 0 radical (unpaired) electrons. The topological polar surface area (TPSA) is 0 Å². The van der Waals surface area contributed by atoms with Crippen LogP contribution in [0.4, 0.5) is 0 Å². The molecule has 0 unspecified atom stereocenters. The van der Waals surface area contributed by atoms with Crippen LogP contribution < -0.4 is 0 Å². The Bertz CT molecular complexity index is 1020. The molecule has 0 fully saturated rings. The molecule has 4 aromatic carbocycles. The second-order valence-corrected chi connectivity index (χ2v) is 8.43. The first-order chi connectivity index (χ1) is 13.6. The van der Waals surface area contributed by atoms with Gasteiger partial charge in [0.15, 0.2) is 0 Å². The summed E-state index contributed by atoms with van der Waals surface area (Å²) in [6.07, 6.45) is 0. The normalized spacial score (nSPS) is 11.0. The Labute approximate surface area is 181 Å². The number of hydrogen-bond acceptors (Lipinski definition) is 0. The van der Waals surface area contributed by atoms with Crippen LogP contribution >= 0.6 is 22.6 Å². The van der Waals surface area contributed by atoms with Crippen molar-refractivity contribution in [1.29, 1.82) is 0 Å². The van der Waals surface area contributed by atoms with E-state index in [0.29, 0.717) is 0 Å².